The molecule has 0 saturated heterocycles. The molecule has 0 bridgehead atoms. The largest absolute Gasteiger partial charge is 0.493 e. The van der Waals surface area contributed by atoms with E-state index in [1.165, 1.54) is 6.07 Å². The van der Waals surface area contributed by atoms with Gasteiger partial charge in [-0.05, 0) is 37.8 Å². The lowest BCUT2D eigenvalue weighted by molar-refractivity contribution is 0.287. The van der Waals surface area contributed by atoms with Crippen molar-refractivity contribution in [3.63, 3.8) is 0 Å². The highest BCUT2D eigenvalue weighted by molar-refractivity contribution is 5.85. The average molecular weight is 282 g/mol. The summed E-state index contributed by atoms with van der Waals surface area (Å²) in [5.41, 5.74) is 5.89. The number of halogens is 1. The first kappa shape index (κ1) is 16.3. The lowest BCUT2D eigenvalue weighted by Gasteiger charge is -2.22. The quantitative estimate of drug-likeness (QED) is 0.264. The van der Waals surface area contributed by atoms with E-state index in [0.717, 1.165) is 19.3 Å². The van der Waals surface area contributed by atoms with Gasteiger partial charge in [-0.15, -0.1) is 0 Å². The summed E-state index contributed by atoms with van der Waals surface area (Å²) >= 11 is 0. The molecule has 1 aromatic carbocycles. The summed E-state index contributed by atoms with van der Waals surface area (Å²) in [6.07, 6.45) is 2.52. The van der Waals surface area contributed by atoms with Crippen molar-refractivity contribution in [2.45, 2.75) is 40.0 Å². The monoisotopic (exact) mass is 282 g/mol. The van der Waals surface area contributed by atoms with E-state index in [1.807, 2.05) is 13.8 Å². The molecule has 0 aromatic heterocycles. The first-order valence-electron chi connectivity index (χ1n) is 6.74. The Kier molecular flexibility index (Phi) is 5.80. The minimum atomic E-state index is -0.329. The second-order valence-corrected chi connectivity index (χ2v) is 5.59. The maximum atomic E-state index is 13.3. The highest BCUT2D eigenvalue weighted by atomic mass is 19.1. The van der Waals surface area contributed by atoms with Gasteiger partial charge >= 0.3 is 0 Å². The minimum Gasteiger partial charge on any atom is -0.493 e. The van der Waals surface area contributed by atoms with E-state index >= 15 is 0 Å². The molecule has 112 valence electrons. The molecule has 0 heterocycles. The Morgan fingerprint density at radius 3 is 2.70 bits per heavy atom. The van der Waals surface area contributed by atoms with E-state index in [0.29, 0.717) is 17.9 Å². The molecular formula is C15H23FN2O2. The Hall–Kier alpha value is -1.78. The zero-order valence-electron chi connectivity index (χ0n) is 12.3. The van der Waals surface area contributed by atoms with Crippen molar-refractivity contribution in [1.82, 2.24) is 0 Å². The van der Waals surface area contributed by atoms with Crippen LogP contribution in [0.2, 0.25) is 0 Å². The number of nitrogens with zero attached hydrogens (tertiary/aromatic N) is 1. The van der Waals surface area contributed by atoms with Crippen LogP contribution in [-0.4, -0.2) is 17.6 Å². The molecule has 0 aliphatic rings. The summed E-state index contributed by atoms with van der Waals surface area (Å²) in [6.45, 7) is 6.10. The maximum Gasteiger partial charge on any atom is 0.144 e. The van der Waals surface area contributed by atoms with Crippen LogP contribution in [0.25, 0.3) is 0 Å². The molecule has 0 unspecified atom stereocenters. The molecule has 5 heteroatoms. The Morgan fingerprint density at radius 1 is 1.40 bits per heavy atom. The average Bonchev–Trinajstić information content (AvgIpc) is 2.41. The van der Waals surface area contributed by atoms with E-state index in [2.05, 4.69) is 5.16 Å². The van der Waals surface area contributed by atoms with Crippen LogP contribution in [0.1, 0.15) is 38.7 Å². The Morgan fingerprint density at radius 2 is 2.10 bits per heavy atom. The summed E-state index contributed by atoms with van der Waals surface area (Å²) in [5.74, 6) is 0.526. The van der Waals surface area contributed by atoms with Crippen molar-refractivity contribution in [3.05, 3.63) is 29.6 Å². The molecule has 4 nitrogen and oxygen atoms in total. The van der Waals surface area contributed by atoms with Gasteiger partial charge in [0.1, 0.15) is 17.4 Å². The second kappa shape index (κ2) is 7.12. The zero-order valence-corrected chi connectivity index (χ0v) is 12.3. The van der Waals surface area contributed by atoms with Gasteiger partial charge in [-0.25, -0.2) is 4.39 Å². The van der Waals surface area contributed by atoms with E-state index in [1.54, 1.807) is 19.1 Å². The van der Waals surface area contributed by atoms with E-state index in [9.17, 15) is 4.39 Å². The fourth-order valence-corrected chi connectivity index (χ4v) is 1.79. The number of amidine groups is 1. The molecule has 3 N–H and O–H groups in total. The number of ether oxygens (including phenoxy) is 1. The third-order valence-electron chi connectivity index (χ3n) is 3.41. The number of oxime groups is 1. The molecule has 0 amide bonds. The first-order chi connectivity index (χ1) is 9.36. The fraction of sp³-hybridized carbons (Fsp3) is 0.533. The number of hydrogen-bond acceptors (Lipinski definition) is 3. The van der Waals surface area contributed by atoms with Gasteiger partial charge in [0, 0.05) is 11.5 Å². The van der Waals surface area contributed by atoms with Crippen molar-refractivity contribution < 1.29 is 14.3 Å². The third-order valence-corrected chi connectivity index (χ3v) is 3.41. The molecule has 0 saturated carbocycles. The Labute approximate surface area is 119 Å². The number of rotatable bonds is 7. The number of unbranched alkanes of at least 4 members (excludes halogenated alkanes) is 1. The van der Waals surface area contributed by atoms with E-state index < -0.39 is 0 Å². The summed E-state index contributed by atoms with van der Waals surface area (Å²) in [6, 6.07) is 4.86. The number of aryl methyl sites for hydroxylation is 1. The SMILES string of the molecule is Cc1ccc(OCCCCC(C)(C)/C(N)=N/O)cc1F. The molecule has 0 aliphatic heterocycles. The molecular weight excluding hydrogens is 259 g/mol. The van der Waals surface area contributed by atoms with Crippen LogP contribution in [0.15, 0.2) is 23.4 Å². The highest BCUT2D eigenvalue weighted by Crippen LogP contribution is 2.23. The standard InChI is InChI=1S/C15H23FN2O2/c1-11-6-7-12(10-13(11)16)20-9-5-4-8-15(2,3)14(17)18-19/h6-7,10,19H,4-5,8-9H2,1-3H3,(H2,17,18). The van der Waals surface area contributed by atoms with Crippen LogP contribution in [-0.2, 0) is 0 Å². The van der Waals surface area contributed by atoms with Crippen LogP contribution in [0.3, 0.4) is 0 Å². The molecule has 1 aromatic rings. The van der Waals surface area contributed by atoms with Gasteiger partial charge in [0.25, 0.3) is 0 Å². The van der Waals surface area contributed by atoms with Crippen molar-refractivity contribution in [2.75, 3.05) is 6.61 Å². The van der Waals surface area contributed by atoms with Gasteiger partial charge < -0.3 is 15.7 Å². The van der Waals surface area contributed by atoms with Gasteiger partial charge in [0.15, 0.2) is 0 Å². The van der Waals surface area contributed by atoms with Crippen molar-refractivity contribution in [1.29, 1.82) is 0 Å². The predicted molar refractivity (Wildman–Crippen MR) is 77.7 cm³/mol. The van der Waals surface area contributed by atoms with Crippen LogP contribution < -0.4 is 10.5 Å². The molecule has 1 rings (SSSR count). The van der Waals surface area contributed by atoms with Crippen LogP contribution in [0, 0.1) is 18.2 Å². The summed E-state index contributed by atoms with van der Waals surface area (Å²) < 4.78 is 18.8. The molecule has 0 radical (unpaired) electrons. The first-order valence-corrected chi connectivity index (χ1v) is 6.74. The summed E-state index contributed by atoms with van der Waals surface area (Å²) in [5, 5.41) is 11.7. The second-order valence-electron chi connectivity index (χ2n) is 5.59. The normalized spacial score (nSPS) is 12.5. The Balaban J connectivity index is 2.30. The molecule has 0 fully saturated rings. The molecule has 0 atom stereocenters. The maximum absolute atomic E-state index is 13.3. The topological polar surface area (TPSA) is 67.8 Å². The van der Waals surface area contributed by atoms with Crippen molar-refractivity contribution in [3.8, 4) is 5.75 Å². The van der Waals surface area contributed by atoms with Gasteiger partial charge in [-0.3, -0.25) is 0 Å². The summed E-state index contributed by atoms with van der Waals surface area (Å²) in [4.78, 5) is 0. The van der Waals surface area contributed by atoms with Crippen LogP contribution in [0.5, 0.6) is 5.75 Å². The van der Waals surface area contributed by atoms with Crippen LogP contribution in [0.4, 0.5) is 4.39 Å². The predicted octanol–water partition coefficient (Wildman–Crippen LogP) is 3.46. The molecule has 0 spiro atoms. The third kappa shape index (κ3) is 4.72. The van der Waals surface area contributed by atoms with Crippen molar-refractivity contribution >= 4 is 5.84 Å². The van der Waals surface area contributed by atoms with Gasteiger partial charge in [-0.2, -0.15) is 0 Å². The number of benzene rings is 1. The van der Waals surface area contributed by atoms with E-state index in [4.69, 9.17) is 15.7 Å². The Bertz CT molecular complexity index is 473. The summed E-state index contributed by atoms with van der Waals surface area (Å²) in [7, 11) is 0. The van der Waals surface area contributed by atoms with Gasteiger partial charge in [0.05, 0.1) is 6.61 Å². The highest BCUT2D eigenvalue weighted by Gasteiger charge is 2.22. The van der Waals surface area contributed by atoms with Gasteiger partial charge in [-0.1, -0.05) is 25.1 Å². The fourth-order valence-electron chi connectivity index (χ4n) is 1.79. The smallest absolute Gasteiger partial charge is 0.144 e. The zero-order chi connectivity index (χ0) is 15.2. The minimum absolute atomic E-state index is 0.235. The van der Waals surface area contributed by atoms with Crippen LogP contribution >= 0.6 is 0 Å². The van der Waals surface area contributed by atoms with Crippen molar-refractivity contribution in [2.24, 2.45) is 16.3 Å². The number of nitrogens with two attached hydrogens (primary N) is 1. The van der Waals surface area contributed by atoms with E-state index in [-0.39, 0.29) is 17.1 Å². The molecule has 0 aliphatic carbocycles. The number of hydrogen-bond donors (Lipinski definition) is 2. The van der Waals surface area contributed by atoms with Gasteiger partial charge in [0.2, 0.25) is 0 Å². The molecule has 20 heavy (non-hydrogen) atoms. The lowest BCUT2D eigenvalue weighted by atomic mass is 9.86. The lowest BCUT2D eigenvalue weighted by Crippen LogP contribution is -2.31.